The lowest BCUT2D eigenvalue weighted by molar-refractivity contribution is -0.116. The number of nitrogens with two attached hydrogens (primary N) is 1. The Balaban J connectivity index is 1.53. The van der Waals surface area contributed by atoms with Crippen molar-refractivity contribution in [2.24, 2.45) is 0 Å². The van der Waals surface area contributed by atoms with Crippen LogP contribution in [0.4, 0.5) is 16.2 Å². The van der Waals surface area contributed by atoms with Crippen molar-refractivity contribution in [1.82, 2.24) is 4.90 Å². The van der Waals surface area contributed by atoms with Gasteiger partial charge in [0.1, 0.15) is 5.60 Å². The molecule has 3 rings (SSSR count). The predicted molar refractivity (Wildman–Crippen MR) is 139 cm³/mol. The molecule has 0 aromatic heterocycles. The van der Waals surface area contributed by atoms with Crippen LogP contribution in [-0.4, -0.2) is 29.0 Å². The van der Waals surface area contributed by atoms with E-state index in [2.05, 4.69) is 35.6 Å². The van der Waals surface area contributed by atoms with E-state index in [9.17, 15) is 9.59 Å². The number of fused-ring (bicyclic) bond motifs is 1. The molecule has 0 fully saturated rings. The highest BCUT2D eigenvalue weighted by atomic mass is 16.6. The molecule has 0 aliphatic carbocycles. The molecule has 3 aromatic rings. The van der Waals surface area contributed by atoms with E-state index >= 15 is 0 Å². The van der Waals surface area contributed by atoms with Crippen molar-refractivity contribution in [2.45, 2.75) is 58.6 Å². The number of benzene rings is 3. The van der Waals surface area contributed by atoms with Crippen LogP contribution in [-0.2, 0) is 16.1 Å². The average molecular weight is 462 g/mol. The van der Waals surface area contributed by atoms with Gasteiger partial charge < -0.3 is 20.7 Å². The first-order valence-corrected chi connectivity index (χ1v) is 11.8. The lowest BCUT2D eigenvalue weighted by Gasteiger charge is -2.27. The number of carbonyl (C=O) groups is 2. The second-order valence-electron chi connectivity index (χ2n) is 9.53. The maximum Gasteiger partial charge on any atom is 0.410 e. The second-order valence-corrected chi connectivity index (χ2v) is 9.53. The Bertz CT molecular complexity index is 1120. The summed E-state index contributed by atoms with van der Waals surface area (Å²) in [7, 11) is 0. The Morgan fingerprint density at radius 3 is 2.35 bits per heavy atom. The fraction of sp³-hybridized carbons (Fsp3) is 0.357. The highest BCUT2D eigenvalue weighted by molar-refractivity contribution is 5.93. The number of amides is 2. The van der Waals surface area contributed by atoms with Crippen LogP contribution in [0.25, 0.3) is 10.8 Å². The first kappa shape index (κ1) is 25.1. The van der Waals surface area contributed by atoms with Gasteiger partial charge in [0.2, 0.25) is 5.91 Å². The zero-order chi connectivity index (χ0) is 24.6. The number of para-hydroxylation sites is 2. The number of ether oxygens (including phenoxy) is 1. The van der Waals surface area contributed by atoms with Crippen molar-refractivity contribution in [1.29, 1.82) is 0 Å². The van der Waals surface area contributed by atoms with Crippen LogP contribution in [0.3, 0.4) is 0 Å². The van der Waals surface area contributed by atoms with E-state index in [1.54, 1.807) is 17.0 Å². The summed E-state index contributed by atoms with van der Waals surface area (Å²) in [5.74, 6) is -0.0573. The molecule has 0 heterocycles. The maximum atomic E-state index is 12.9. The Hall–Kier alpha value is -3.54. The SMILES string of the molecule is CC(C)(C)OC(=O)N(CCCCCC(=O)Nc1ccccc1N)Cc1ccc2ccccc2c1. The Morgan fingerprint density at radius 2 is 1.62 bits per heavy atom. The first-order valence-electron chi connectivity index (χ1n) is 11.8. The van der Waals surface area contributed by atoms with Crippen LogP contribution in [0.15, 0.2) is 66.7 Å². The Morgan fingerprint density at radius 1 is 0.912 bits per heavy atom. The van der Waals surface area contributed by atoms with Crippen molar-refractivity contribution in [2.75, 3.05) is 17.6 Å². The van der Waals surface area contributed by atoms with Crippen molar-refractivity contribution in [3.8, 4) is 0 Å². The van der Waals surface area contributed by atoms with Crippen LogP contribution in [0.5, 0.6) is 0 Å². The standard InChI is InChI=1S/C28H35N3O3/c1-28(2,3)34-27(33)31(20-21-16-17-22-11-6-7-12-23(22)19-21)18-10-4-5-15-26(32)30-25-14-9-8-13-24(25)29/h6-9,11-14,16-17,19H,4-5,10,15,18,20,29H2,1-3H3,(H,30,32). The molecule has 0 aliphatic rings. The van der Waals surface area contributed by atoms with Crippen LogP contribution < -0.4 is 11.1 Å². The number of unbranched alkanes of at least 4 members (excludes halogenated alkanes) is 2. The Kier molecular flexibility index (Phi) is 8.52. The summed E-state index contributed by atoms with van der Waals surface area (Å²) in [4.78, 5) is 26.8. The summed E-state index contributed by atoms with van der Waals surface area (Å²) in [6.07, 6.45) is 2.43. The number of hydrogen-bond donors (Lipinski definition) is 2. The number of nitrogen functional groups attached to an aromatic ring is 1. The third-order valence-corrected chi connectivity index (χ3v) is 5.41. The molecule has 0 saturated carbocycles. The van der Waals surface area contributed by atoms with Crippen molar-refractivity contribution >= 4 is 34.1 Å². The van der Waals surface area contributed by atoms with Gasteiger partial charge in [-0.05, 0) is 68.1 Å². The molecule has 0 atom stereocenters. The van der Waals surface area contributed by atoms with Gasteiger partial charge in [-0.2, -0.15) is 0 Å². The normalized spacial score (nSPS) is 11.3. The van der Waals surface area contributed by atoms with Gasteiger partial charge in [-0.3, -0.25) is 4.79 Å². The molecule has 34 heavy (non-hydrogen) atoms. The number of rotatable bonds is 9. The molecule has 6 heteroatoms. The molecular weight excluding hydrogens is 426 g/mol. The van der Waals surface area contributed by atoms with Crippen molar-refractivity contribution < 1.29 is 14.3 Å². The average Bonchev–Trinajstić information content (AvgIpc) is 2.78. The monoisotopic (exact) mass is 461 g/mol. The minimum atomic E-state index is -0.559. The van der Waals surface area contributed by atoms with Crippen LogP contribution >= 0.6 is 0 Å². The van der Waals surface area contributed by atoms with E-state index in [0.717, 1.165) is 30.2 Å². The number of hydrogen-bond acceptors (Lipinski definition) is 4. The van der Waals surface area contributed by atoms with E-state index in [0.29, 0.717) is 30.9 Å². The number of carbonyl (C=O) groups excluding carboxylic acids is 2. The number of nitrogens with zero attached hydrogens (tertiary/aromatic N) is 1. The van der Waals surface area contributed by atoms with Crippen molar-refractivity contribution in [3.63, 3.8) is 0 Å². The van der Waals surface area contributed by atoms with Crippen LogP contribution in [0, 0.1) is 0 Å². The zero-order valence-corrected chi connectivity index (χ0v) is 20.3. The molecular formula is C28H35N3O3. The molecule has 3 N–H and O–H groups in total. The van der Waals surface area contributed by atoms with Crippen molar-refractivity contribution in [3.05, 3.63) is 72.3 Å². The van der Waals surface area contributed by atoms with E-state index in [1.807, 2.05) is 45.0 Å². The fourth-order valence-electron chi connectivity index (χ4n) is 3.71. The van der Waals surface area contributed by atoms with E-state index in [-0.39, 0.29) is 12.0 Å². The molecule has 6 nitrogen and oxygen atoms in total. The third-order valence-electron chi connectivity index (χ3n) is 5.41. The second kappa shape index (κ2) is 11.5. The molecule has 0 saturated heterocycles. The first-order chi connectivity index (χ1) is 16.2. The minimum Gasteiger partial charge on any atom is -0.444 e. The zero-order valence-electron chi connectivity index (χ0n) is 20.3. The highest BCUT2D eigenvalue weighted by Crippen LogP contribution is 2.20. The highest BCUT2D eigenvalue weighted by Gasteiger charge is 2.22. The van der Waals surface area contributed by atoms with Gasteiger partial charge in [0.15, 0.2) is 0 Å². The summed E-state index contributed by atoms with van der Waals surface area (Å²) in [5, 5.41) is 5.17. The van der Waals surface area contributed by atoms with Gasteiger partial charge >= 0.3 is 6.09 Å². The molecule has 2 amide bonds. The van der Waals surface area contributed by atoms with Gasteiger partial charge in [0, 0.05) is 19.5 Å². The summed E-state index contributed by atoms with van der Waals surface area (Å²) in [6.45, 7) is 6.66. The summed E-state index contributed by atoms with van der Waals surface area (Å²) < 4.78 is 5.64. The lowest BCUT2D eigenvalue weighted by Crippen LogP contribution is -2.37. The predicted octanol–water partition coefficient (Wildman–Crippen LogP) is 6.36. The van der Waals surface area contributed by atoms with E-state index < -0.39 is 5.60 Å². The molecule has 0 unspecified atom stereocenters. The van der Waals surface area contributed by atoms with Gasteiger partial charge in [-0.1, -0.05) is 55.0 Å². The maximum absolute atomic E-state index is 12.9. The molecule has 0 aliphatic heterocycles. The minimum absolute atomic E-state index is 0.0573. The third kappa shape index (κ3) is 7.80. The van der Waals surface area contributed by atoms with E-state index in [4.69, 9.17) is 10.5 Å². The molecule has 180 valence electrons. The summed E-state index contributed by atoms with van der Waals surface area (Å²) >= 11 is 0. The largest absolute Gasteiger partial charge is 0.444 e. The van der Waals surface area contributed by atoms with E-state index in [1.165, 1.54) is 5.39 Å². The van der Waals surface area contributed by atoms with Gasteiger partial charge in [0.05, 0.1) is 11.4 Å². The topological polar surface area (TPSA) is 84.7 Å². The number of anilines is 2. The van der Waals surface area contributed by atoms with Gasteiger partial charge in [0.25, 0.3) is 0 Å². The molecule has 3 aromatic carbocycles. The van der Waals surface area contributed by atoms with Gasteiger partial charge in [-0.15, -0.1) is 0 Å². The molecule has 0 spiro atoms. The summed E-state index contributed by atoms with van der Waals surface area (Å²) in [6, 6.07) is 21.7. The van der Waals surface area contributed by atoms with Crippen LogP contribution in [0.1, 0.15) is 52.0 Å². The molecule has 0 radical (unpaired) electrons. The summed E-state index contributed by atoms with van der Waals surface area (Å²) in [5.41, 5.74) is 7.57. The lowest BCUT2D eigenvalue weighted by atomic mass is 10.1. The smallest absolute Gasteiger partial charge is 0.410 e. The quantitative estimate of drug-likeness (QED) is 0.287. The van der Waals surface area contributed by atoms with Gasteiger partial charge in [-0.25, -0.2) is 4.79 Å². The fourth-order valence-corrected chi connectivity index (χ4v) is 3.71. The Labute approximate surface area is 202 Å². The molecule has 0 bridgehead atoms. The van der Waals surface area contributed by atoms with Crippen LogP contribution in [0.2, 0.25) is 0 Å². The number of nitrogens with one attached hydrogen (secondary N) is 1.